The Morgan fingerprint density at radius 2 is 1.64 bits per heavy atom. The number of methoxy groups -OCH3 is 2. The average Bonchev–Trinajstić information content (AvgIpc) is 3.41. The predicted octanol–water partition coefficient (Wildman–Crippen LogP) is 4.45. The Kier molecular flexibility index (Phi) is 11.3. The zero-order chi connectivity index (χ0) is 32.0. The van der Waals surface area contributed by atoms with E-state index in [9.17, 15) is 19.5 Å². The van der Waals surface area contributed by atoms with Gasteiger partial charge in [0.25, 0.3) is 5.91 Å². The Hall–Kier alpha value is -3.59. The molecule has 1 aliphatic heterocycles. The first-order valence-corrected chi connectivity index (χ1v) is 15.4. The van der Waals surface area contributed by atoms with Gasteiger partial charge in [-0.2, -0.15) is 0 Å². The molecule has 1 amide bonds. The lowest BCUT2D eigenvalue weighted by Crippen LogP contribution is -2.40. The topological polar surface area (TPSA) is 114 Å². The molecule has 0 saturated heterocycles. The van der Waals surface area contributed by atoms with E-state index in [1.165, 1.54) is 17.2 Å². The van der Waals surface area contributed by atoms with Crippen LogP contribution in [0.3, 0.4) is 0 Å². The van der Waals surface area contributed by atoms with Crippen molar-refractivity contribution in [2.45, 2.75) is 84.2 Å². The average molecular weight is 603 g/mol. The minimum Gasteiger partial charge on any atom is -0.390 e. The molecule has 44 heavy (non-hydrogen) atoms. The zero-order valence-corrected chi connectivity index (χ0v) is 26.7. The second-order valence-corrected chi connectivity index (χ2v) is 12.5. The summed E-state index contributed by atoms with van der Waals surface area (Å²) < 4.78 is 11.4. The van der Waals surface area contributed by atoms with Crippen LogP contribution < -0.4 is 10.6 Å². The fourth-order valence-electron chi connectivity index (χ4n) is 6.33. The van der Waals surface area contributed by atoms with Crippen molar-refractivity contribution in [3.63, 3.8) is 0 Å². The molecule has 3 N–H and O–H groups in total. The van der Waals surface area contributed by atoms with Crippen LogP contribution in [0.4, 0.5) is 0 Å². The smallest absolute Gasteiger partial charge is 0.251 e. The highest BCUT2D eigenvalue weighted by Gasteiger charge is 2.34. The van der Waals surface area contributed by atoms with Gasteiger partial charge >= 0.3 is 0 Å². The molecular weight excluding hydrogens is 556 g/mol. The van der Waals surface area contributed by atoms with E-state index in [1.54, 1.807) is 33.3 Å². The highest BCUT2D eigenvalue weighted by atomic mass is 16.5. The number of hydrogen-bond donors (Lipinski definition) is 3. The molecule has 0 fully saturated rings. The molecule has 4 rings (SSSR count). The van der Waals surface area contributed by atoms with Gasteiger partial charge in [-0.25, -0.2) is 0 Å². The first-order valence-electron chi connectivity index (χ1n) is 15.4. The first kappa shape index (κ1) is 33.3. The number of allylic oxidation sites excluding steroid dienone is 4. The summed E-state index contributed by atoms with van der Waals surface area (Å²) in [6.07, 6.45) is 9.92. The maximum atomic E-state index is 13.9. The van der Waals surface area contributed by atoms with E-state index in [1.807, 2.05) is 45.1 Å². The van der Waals surface area contributed by atoms with Gasteiger partial charge in [-0.1, -0.05) is 68.0 Å². The van der Waals surface area contributed by atoms with Crippen molar-refractivity contribution in [3.8, 4) is 0 Å². The Balaban J connectivity index is 1.68. The second-order valence-electron chi connectivity index (χ2n) is 12.5. The van der Waals surface area contributed by atoms with Crippen LogP contribution in [0.25, 0.3) is 0 Å². The maximum absolute atomic E-state index is 13.9. The lowest BCUT2D eigenvalue weighted by atomic mass is 9.85. The molecule has 2 aliphatic carbocycles. The minimum atomic E-state index is -0.774. The van der Waals surface area contributed by atoms with Crippen LogP contribution in [-0.4, -0.2) is 61.2 Å². The molecule has 8 nitrogen and oxygen atoms in total. The van der Waals surface area contributed by atoms with E-state index < -0.39 is 18.1 Å². The van der Waals surface area contributed by atoms with Gasteiger partial charge in [0.1, 0.15) is 0 Å². The Labute approximate surface area is 261 Å². The third kappa shape index (κ3) is 8.11. The van der Waals surface area contributed by atoms with Crippen molar-refractivity contribution in [2.75, 3.05) is 14.2 Å². The summed E-state index contributed by atoms with van der Waals surface area (Å²) in [5.74, 6) is -1.49. The number of ether oxygens (including phenoxy) is 2. The molecule has 0 aromatic heterocycles. The minimum absolute atomic E-state index is 0.0270. The summed E-state index contributed by atoms with van der Waals surface area (Å²) in [6.45, 7) is 7.60. The summed E-state index contributed by atoms with van der Waals surface area (Å²) in [6, 6.07) is 8.16. The van der Waals surface area contributed by atoms with E-state index in [0.29, 0.717) is 24.0 Å². The van der Waals surface area contributed by atoms with Crippen LogP contribution in [0.1, 0.15) is 58.1 Å². The van der Waals surface area contributed by atoms with E-state index in [0.717, 1.165) is 18.4 Å². The molecule has 0 spiro atoms. The third-order valence-electron chi connectivity index (χ3n) is 8.80. The number of rotatable bonds is 4. The van der Waals surface area contributed by atoms with Gasteiger partial charge in [0.2, 0.25) is 11.6 Å². The highest BCUT2D eigenvalue weighted by molar-refractivity contribution is 6.23. The molecule has 2 bridgehead atoms. The van der Waals surface area contributed by atoms with Crippen LogP contribution in [0.2, 0.25) is 0 Å². The van der Waals surface area contributed by atoms with E-state index >= 15 is 0 Å². The van der Waals surface area contributed by atoms with Crippen LogP contribution in [0.15, 0.2) is 82.8 Å². The molecule has 0 radical (unpaired) electrons. The van der Waals surface area contributed by atoms with Crippen molar-refractivity contribution in [1.29, 1.82) is 0 Å². The third-order valence-corrected chi connectivity index (χ3v) is 8.80. The Morgan fingerprint density at radius 1 is 0.955 bits per heavy atom. The predicted molar refractivity (Wildman–Crippen MR) is 170 cm³/mol. The molecule has 1 heterocycles. The molecule has 1 aromatic rings. The van der Waals surface area contributed by atoms with E-state index in [4.69, 9.17) is 9.47 Å². The van der Waals surface area contributed by atoms with Crippen LogP contribution in [-0.2, 0) is 36.7 Å². The summed E-state index contributed by atoms with van der Waals surface area (Å²) >= 11 is 0. The summed E-state index contributed by atoms with van der Waals surface area (Å²) in [4.78, 5) is 40.6. The largest absolute Gasteiger partial charge is 0.390 e. The number of Topliss-reactive ketones (excluding diaryl/α,β-unsaturated/α-hetero) is 1. The number of carbonyl (C=O) groups excluding carboxylic acids is 3. The van der Waals surface area contributed by atoms with Crippen LogP contribution in [0, 0.1) is 11.8 Å². The van der Waals surface area contributed by atoms with Gasteiger partial charge in [-0.15, -0.1) is 0 Å². The van der Waals surface area contributed by atoms with Crippen molar-refractivity contribution in [3.05, 3.63) is 93.9 Å². The standard InChI is InChI=1S/C36H46N2O6/c1-21-14-24(4)34(40)32(44-6)17-22(2)16-29-33(37-27-18-25-11-7-8-12-26(25)19-27)31(39)20-30(35(29)41)38-36(42)23(3)10-9-13-28(15-21)43-5/h7-14,20,22,24,27-28,32,34,37,40H,15-19H2,1-6H3,(H,38,42)/b13-9-,21-14+,23-10+/t22-,24+,28+,32+,34-/m1/s1. The molecule has 8 heteroatoms. The summed E-state index contributed by atoms with van der Waals surface area (Å²) in [5.41, 5.74) is 4.49. The number of amides is 1. The number of fused-ring (bicyclic) bond motifs is 3. The molecule has 1 aromatic carbocycles. The molecule has 3 aliphatic rings. The number of aliphatic hydroxyl groups is 1. The summed E-state index contributed by atoms with van der Waals surface area (Å²) in [5, 5.41) is 17.3. The van der Waals surface area contributed by atoms with Gasteiger partial charge in [0.05, 0.1) is 29.7 Å². The monoisotopic (exact) mass is 602 g/mol. The van der Waals surface area contributed by atoms with Crippen molar-refractivity contribution in [2.24, 2.45) is 11.8 Å². The van der Waals surface area contributed by atoms with E-state index in [2.05, 4.69) is 22.8 Å². The fraction of sp³-hybridized carbons (Fsp3) is 0.472. The molecule has 236 valence electrons. The molecule has 0 unspecified atom stereocenters. The van der Waals surface area contributed by atoms with Gasteiger partial charge in [0.15, 0.2) is 0 Å². The first-order chi connectivity index (χ1) is 21.0. The Bertz CT molecular complexity index is 1390. The number of benzene rings is 1. The quantitative estimate of drug-likeness (QED) is 0.345. The summed E-state index contributed by atoms with van der Waals surface area (Å²) in [7, 11) is 3.20. The van der Waals surface area contributed by atoms with Crippen molar-refractivity contribution in [1.82, 2.24) is 10.6 Å². The number of carbonyl (C=O) groups is 3. The van der Waals surface area contributed by atoms with Gasteiger partial charge in [-0.05, 0) is 63.0 Å². The number of nitrogens with one attached hydrogen (secondary N) is 2. The lowest BCUT2D eigenvalue weighted by Gasteiger charge is -2.29. The van der Waals surface area contributed by atoms with Crippen LogP contribution >= 0.6 is 0 Å². The number of aliphatic hydroxyl groups excluding tert-OH is 1. The SMILES string of the molecule is CO[C@H]1C[C@H](C)CC2=C(NC3Cc4ccccc4C3)C(=O)C=C(NC(=O)/C(C)=C/C=C\[C@H](OC)C/C(C)=C/[C@H](C)[C@H]1O)C2=O. The van der Waals surface area contributed by atoms with Crippen LogP contribution in [0.5, 0.6) is 0 Å². The maximum Gasteiger partial charge on any atom is 0.251 e. The second kappa shape index (κ2) is 14.9. The number of ketones is 2. The van der Waals surface area contributed by atoms with E-state index in [-0.39, 0.29) is 53.4 Å². The van der Waals surface area contributed by atoms with Gasteiger partial charge in [-0.3, -0.25) is 14.4 Å². The highest BCUT2D eigenvalue weighted by Crippen LogP contribution is 2.30. The number of hydrogen-bond acceptors (Lipinski definition) is 7. The molecular formula is C36H46N2O6. The molecule has 5 atom stereocenters. The normalized spacial score (nSPS) is 30.9. The molecule has 0 saturated carbocycles. The van der Waals surface area contributed by atoms with Crippen molar-refractivity contribution < 1.29 is 29.0 Å². The zero-order valence-electron chi connectivity index (χ0n) is 26.7. The Morgan fingerprint density at radius 3 is 2.27 bits per heavy atom. The van der Waals surface area contributed by atoms with Crippen molar-refractivity contribution >= 4 is 17.5 Å². The van der Waals surface area contributed by atoms with Gasteiger partial charge in [0, 0.05) is 43.4 Å². The fourth-order valence-corrected chi connectivity index (χ4v) is 6.33. The van der Waals surface area contributed by atoms with Gasteiger partial charge < -0.3 is 25.2 Å². The lowest BCUT2D eigenvalue weighted by molar-refractivity contribution is -0.120.